The Labute approximate surface area is 143 Å². The molecule has 1 aliphatic rings. The molecule has 0 aliphatic heterocycles. The third kappa shape index (κ3) is 3.21. The molecule has 124 valence electrons. The smallest absolute Gasteiger partial charge is 0.214 e. The lowest BCUT2D eigenvalue weighted by Gasteiger charge is -2.22. The third-order valence-electron chi connectivity index (χ3n) is 4.06. The second-order valence-electron chi connectivity index (χ2n) is 5.69. The van der Waals surface area contributed by atoms with Gasteiger partial charge in [-0.05, 0) is 23.3 Å². The fourth-order valence-electron chi connectivity index (χ4n) is 2.73. The lowest BCUT2D eigenvalue weighted by molar-refractivity contribution is -0.151. The zero-order valence-electron chi connectivity index (χ0n) is 13.0. The predicted molar refractivity (Wildman–Crippen MR) is 88.1 cm³/mol. The number of halogens is 1. The van der Waals surface area contributed by atoms with Crippen molar-refractivity contribution >= 4 is 29.2 Å². The maximum absolute atomic E-state index is 12.9. The van der Waals surface area contributed by atoms with Gasteiger partial charge in [-0.3, -0.25) is 19.2 Å². The number of allylic oxidation sites excluding steroid dienone is 1. The molecule has 0 N–H and O–H groups in total. The van der Waals surface area contributed by atoms with E-state index in [1.807, 2.05) is 0 Å². The first-order chi connectivity index (χ1) is 12.0. The SMILES string of the molecule is O=C1C(=O)C(c2ccccc2)C(=O)C(=O)C1C=Cc1ccc(F)cc1. The second kappa shape index (κ2) is 6.73. The van der Waals surface area contributed by atoms with Gasteiger partial charge in [0.15, 0.2) is 0 Å². The summed E-state index contributed by atoms with van der Waals surface area (Å²) >= 11 is 0. The molecule has 0 bridgehead atoms. The van der Waals surface area contributed by atoms with Crippen LogP contribution in [-0.4, -0.2) is 23.1 Å². The van der Waals surface area contributed by atoms with Crippen LogP contribution in [-0.2, 0) is 19.2 Å². The van der Waals surface area contributed by atoms with Crippen molar-refractivity contribution in [2.75, 3.05) is 0 Å². The third-order valence-corrected chi connectivity index (χ3v) is 4.06. The van der Waals surface area contributed by atoms with E-state index < -0.39 is 40.8 Å². The van der Waals surface area contributed by atoms with Gasteiger partial charge in [0, 0.05) is 0 Å². The maximum atomic E-state index is 12.9. The molecule has 0 amide bonds. The average Bonchev–Trinajstić information content (AvgIpc) is 2.63. The molecule has 0 unspecified atom stereocenters. The fourth-order valence-corrected chi connectivity index (χ4v) is 2.73. The Kier molecular flexibility index (Phi) is 4.48. The quantitative estimate of drug-likeness (QED) is 0.638. The monoisotopic (exact) mass is 336 g/mol. The van der Waals surface area contributed by atoms with E-state index in [0.29, 0.717) is 11.1 Å². The van der Waals surface area contributed by atoms with E-state index in [1.165, 1.54) is 48.6 Å². The number of carbonyl (C=O) groups is 4. The number of ketones is 4. The predicted octanol–water partition coefficient (Wildman–Crippen LogP) is 2.53. The Morgan fingerprint density at radius 1 is 0.720 bits per heavy atom. The first kappa shape index (κ1) is 16.6. The highest BCUT2D eigenvalue weighted by atomic mass is 19.1. The maximum Gasteiger partial charge on any atom is 0.214 e. The van der Waals surface area contributed by atoms with Gasteiger partial charge in [-0.15, -0.1) is 0 Å². The Balaban J connectivity index is 1.88. The van der Waals surface area contributed by atoms with Crippen molar-refractivity contribution < 1.29 is 23.6 Å². The highest BCUT2D eigenvalue weighted by Crippen LogP contribution is 2.27. The zero-order chi connectivity index (χ0) is 18.0. The van der Waals surface area contributed by atoms with Crippen molar-refractivity contribution in [3.8, 4) is 0 Å². The molecular weight excluding hydrogens is 323 g/mol. The van der Waals surface area contributed by atoms with Crippen LogP contribution in [0.5, 0.6) is 0 Å². The zero-order valence-corrected chi connectivity index (χ0v) is 13.0. The molecule has 1 aliphatic carbocycles. The number of hydrogen-bond acceptors (Lipinski definition) is 4. The molecule has 5 heteroatoms. The fraction of sp³-hybridized carbons (Fsp3) is 0.100. The molecule has 25 heavy (non-hydrogen) atoms. The molecule has 2 aromatic rings. The van der Waals surface area contributed by atoms with Crippen LogP contribution in [0.4, 0.5) is 4.39 Å². The van der Waals surface area contributed by atoms with Crippen molar-refractivity contribution in [2.45, 2.75) is 5.92 Å². The summed E-state index contributed by atoms with van der Waals surface area (Å²) in [5.74, 6) is -6.79. The number of hydrogen-bond donors (Lipinski definition) is 0. The number of rotatable bonds is 3. The molecule has 2 aromatic carbocycles. The standard InChI is InChI=1S/C20H13FO4/c21-14-9-6-12(7-10-14)8-11-15-17(22)19(24)16(20(25)18(15)23)13-4-2-1-3-5-13/h1-11,15-16H. The summed E-state index contributed by atoms with van der Waals surface area (Å²) in [6, 6.07) is 13.4. The number of carbonyl (C=O) groups excluding carboxylic acids is 4. The molecule has 0 heterocycles. The molecule has 0 aromatic heterocycles. The van der Waals surface area contributed by atoms with E-state index >= 15 is 0 Å². The van der Waals surface area contributed by atoms with Crippen molar-refractivity contribution in [3.05, 3.63) is 77.6 Å². The molecule has 3 rings (SSSR count). The minimum Gasteiger partial charge on any atom is -0.290 e. The average molecular weight is 336 g/mol. The van der Waals surface area contributed by atoms with Gasteiger partial charge < -0.3 is 0 Å². The van der Waals surface area contributed by atoms with Crippen LogP contribution in [0, 0.1) is 11.7 Å². The van der Waals surface area contributed by atoms with Gasteiger partial charge in [0.1, 0.15) is 17.7 Å². The Hall–Kier alpha value is -3.21. The largest absolute Gasteiger partial charge is 0.290 e. The van der Waals surface area contributed by atoms with Crippen LogP contribution < -0.4 is 0 Å². The van der Waals surface area contributed by atoms with E-state index in [1.54, 1.807) is 18.2 Å². The number of benzene rings is 2. The summed E-state index contributed by atoms with van der Waals surface area (Å²) in [4.78, 5) is 49.3. The van der Waals surface area contributed by atoms with Gasteiger partial charge in [0.05, 0.1) is 0 Å². The van der Waals surface area contributed by atoms with Crippen LogP contribution in [0.2, 0.25) is 0 Å². The van der Waals surface area contributed by atoms with Gasteiger partial charge in [0.25, 0.3) is 0 Å². The minimum absolute atomic E-state index is 0.333. The van der Waals surface area contributed by atoms with Crippen LogP contribution in [0.3, 0.4) is 0 Å². The summed E-state index contributed by atoms with van der Waals surface area (Å²) in [7, 11) is 0. The van der Waals surface area contributed by atoms with Crippen molar-refractivity contribution in [1.29, 1.82) is 0 Å². The van der Waals surface area contributed by atoms with Crippen LogP contribution >= 0.6 is 0 Å². The summed E-state index contributed by atoms with van der Waals surface area (Å²) in [6.45, 7) is 0. The molecule has 4 nitrogen and oxygen atoms in total. The molecular formula is C20H13FO4. The lowest BCUT2D eigenvalue weighted by Crippen LogP contribution is -2.46. The first-order valence-corrected chi connectivity index (χ1v) is 7.64. The lowest BCUT2D eigenvalue weighted by atomic mass is 9.75. The van der Waals surface area contributed by atoms with Gasteiger partial charge in [-0.2, -0.15) is 0 Å². The van der Waals surface area contributed by atoms with E-state index in [9.17, 15) is 23.6 Å². The van der Waals surface area contributed by atoms with Crippen LogP contribution in [0.15, 0.2) is 60.7 Å². The Morgan fingerprint density at radius 3 is 1.84 bits per heavy atom. The molecule has 0 atom stereocenters. The van der Waals surface area contributed by atoms with Gasteiger partial charge >= 0.3 is 0 Å². The number of Topliss-reactive ketones (excluding diaryl/α,β-unsaturated/α-hetero) is 4. The van der Waals surface area contributed by atoms with Crippen molar-refractivity contribution in [3.63, 3.8) is 0 Å². The highest BCUT2D eigenvalue weighted by molar-refractivity contribution is 6.62. The first-order valence-electron chi connectivity index (χ1n) is 7.64. The minimum atomic E-state index is -1.43. The molecule has 0 spiro atoms. The summed E-state index contributed by atoms with van der Waals surface area (Å²) in [5.41, 5.74) is 0.882. The Bertz CT molecular complexity index is 854. The van der Waals surface area contributed by atoms with Gasteiger partial charge in [0.2, 0.25) is 23.1 Å². The second-order valence-corrected chi connectivity index (χ2v) is 5.69. The van der Waals surface area contributed by atoms with Crippen LogP contribution in [0.25, 0.3) is 6.08 Å². The van der Waals surface area contributed by atoms with Crippen LogP contribution in [0.1, 0.15) is 17.0 Å². The summed E-state index contributed by atoms with van der Waals surface area (Å²) in [6.07, 6.45) is 2.64. The van der Waals surface area contributed by atoms with Crippen molar-refractivity contribution in [1.82, 2.24) is 0 Å². The van der Waals surface area contributed by atoms with Gasteiger partial charge in [-0.25, -0.2) is 4.39 Å². The van der Waals surface area contributed by atoms with Crippen molar-refractivity contribution in [2.24, 2.45) is 5.92 Å². The Morgan fingerprint density at radius 2 is 1.28 bits per heavy atom. The highest BCUT2D eigenvalue weighted by Gasteiger charge is 2.48. The topological polar surface area (TPSA) is 68.3 Å². The molecule has 0 saturated heterocycles. The summed E-state index contributed by atoms with van der Waals surface area (Å²) < 4.78 is 12.9. The van der Waals surface area contributed by atoms with Gasteiger partial charge in [-0.1, -0.05) is 54.6 Å². The summed E-state index contributed by atoms with van der Waals surface area (Å²) in [5, 5.41) is 0. The molecule has 1 fully saturated rings. The normalized spacial score (nSPS) is 21.2. The van der Waals surface area contributed by atoms with E-state index in [4.69, 9.17) is 0 Å². The molecule has 0 radical (unpaired) electrons. The van der Waals surface area contributed by atoms with E-state index in [-0.39, 0.29) is 0 Å². The van der Waals surface area contributed by atoms with E-state index in [2.05, 4.69) is 0 Å². The van der Waals surface area contributed by atoms with E-state index in [0.717, 1.165) is 0 Å². The molecule has 1 saturated carbocycles.